The maximum atomic E-state index is 12.9. The molecule has 25 heavy (non-hydrogen) atoms. The number of nitrogens with one attached hydrogen (secondary N) is 1. The van der Waals surface area contributed by atoms with E-state index in [0.717, 1.165) is 25.9 Å². The summed E-state index contributed by atoms with van der Waals surface area (Å²) >= 11 is 0. The molecule has 2 aliphatic rings. The number of sulfone groups is 1. The van der Waals surface area contributed by atoms with Gasteiger partial charge in [-0.1, -0.05) is 13.0 Å². The molecule has 1 atom stereocenters. The van der Waals surface area contributed by atoms with E-state index in [-0.39, 0.29) is 17.1 Å². The van der Waals surface area contributed by atoms with Gasteiger partial charge in [0.2, 0.25) is 10.0 Å². The Morgan fingerprint density at radius 3 is 2.24 bits per heavy atom. The molecule has 146 valence electrons. The third-order valence-corrected chi connectivity index (χ3v) is 9.36. The van der Waals surface area contributed by atoms with Crippen LogP contribution >= 0.6 is 0 Å². The van der Waals surface area contributed by atoms with Gasteiger partial charge in [0, 0.05) is 13.1 Å². The normalized spacial score (nSPS) is 24.7. The van der Waals surface area contributed by atoms with E-state index in [1.54, 1.807) is 6.08 Å². The summed E-state index contributed by atoms with van der Waals surface area (Å²) in [6.07, 6.45) is 6.61. The summed E-state index contributed by atoms with van der Waals surface area (Å²) in [4.78, 5) is 0. The molecule has 2 fully saturated rings. The number of sulfonamides is 1. The molecule has 2 aliphatic heterocycles. The Morgan fingerprint density at radius 1 is 1.20 bits per heavy atom. The zero-order valence-electron chi connectivity index (χ0n) is 15.4. The lowest BCUT2D eigenvalue weighted by molar-refractivity contribution is 0.221. The van der Waals surface area contributed by atoms with Gasteiger partial charge < -0.3 is 5.32 Å². The molecule has 2 rings (SSSR count). The van der Waals surface area contributed by atoms with Crippen molar-refractivity contribution in [2.75, 3.05) is 38.2 Å². The first-order valence-electron chi connectivity index (χ1n) is 9.07. The van der Waals surface area contributed by atoms with E-state index in [0.29, 0.717) is 32.4 Å². The second-order valence-electron chi connectivity index (χ2n) is 7.88. The summed E-state index contributed by atoms with van der Waals surface area (Å²) in [6.45, 7) is 8.63. The van der Waals surface area contributed by atoms with E-state index in [9.17, 15) is 16.8 Å². The van der Waals surface area contributed by atoms with Crippen molar-refractivity contribution in [3.63, 3.8) is 0 Å². The van der Waals surface area contributed by atoms with E-state index in [2.05, 4.69) is 18.8 Å². The molecule has 2 saturated heterocycles. The fraction of sp³-hybridized carbons (Fsp3) is 0.882. The Balaban J connectivity index is 1.98. The lowest BCUT2D eigenvalue weighted by atomic mass is 9.79. The molecular formula is C17H32N2O4S2. The van der Waals surface area contributed by atoms with Crippen LogP contribution in [0.2, 0.25) is 0 Å². The van der Waals surface area contributed by atoms with Crippen molar-refractivity contribution in [3.8, 4) is 0 Å². The van der Waals surface area contributed by atoms with E-state index < -0.39 is 25.1 Å². The van der Waals surface area contributed by atoms with Crippen molar-refractivity contribution in [2.45, 2.75) is 44.3 Å². The molecule has 0 spiro atoms. The van der Waals surface area contributed by atoms with Crippen molar-refractivity contribution in [1.29, 1.82) is 0 Å². The van der Waals surface area contributed by atoms with Crippen molar-refractivity contribution in [1.82, 2.24) is 9.62 Å². The Bertz CT molecular complexity index is 659. The molecule has 8 heteroatoms. The third kappa shape index (κ3) is 5.52. The summed E-state index contributed by atoms with van der Waals surface area (Å²) < 4.78 is 50.5. The predicted molar refractivity (Wildman–Crippen MR) is 102 cm³/mol. The van der Waals surface area contributed by atoms with Gasteiger partial charge in [-0.15, -0.1) is 6.58 Å². The molecule has 0 aromatic rings. The van der Waals surface area contributed by atoms with Crippen LogP contribution in [-0.4, -0.2) is 64.6 Å². The lowest BCUT2D eigenvalue weighted by Crippen LogP contribution is -2.43. The average Bonchev–Trinajstić information content (AvgIpc) is 2.54. The molecule has 2 heterocycles. The molecule has 0 radical (unpaired) electrons. The van der Waals surface area contributed by atoms with Gasteiger partial charge in [-0.2, -0.15) is 0 Å². The number of nitrogens with zero attached hydrogens (tertiary/aromatic N) is 1. The lowest BCUT2D eigenvalue weighted by Gasteiger charge is -2.36. The van der Waals surface area contributed by atoms with Gasteiger partial charge >= 0.3 is 0 Å². The van der Waals surface area contributed by atoms with Crippen LogP contribution in [0.1, 0.15) is 39.0 Å². The summed E-state index contributed by atoms with van der Waals surface area (Å²) in [7, 11) is -6.47. The summed E-state index contributed by atoms with van der Waals surface area (Å²) in [5, 5.41) is 2.75. The second kappa shape index (κ2) is 8.06. The number of hydrogen-bond donors (Lipinski definition) is 1. The van der Waals surface area contributed by atoms with Crippen LogP contribution in [0.15, 0.2) is 12.7 Å². The Labute approximate surface area is 153 Å². The highest BCUT2D eigenvalue weighted by Crippen LogP contribution is 2.34. The molecule has 6 nitrogen and oxygen atoms in total. The molecule has 0 aromatic carbocycles. The van der Waals surface area contributed by atoms with Crippen LogP contribution in [0.4, 0.5) is 0 Å². The van der Waals surface area contributed by atoms with E-state index in [1.807, 2.05) is 0 Å². The highest BCUT2D eigenvalue weighted by atomic mass is 32.2. The number of hydrogen-bond acceptors (Lipinski definition) is 5. The molecule has 0 aliphatic carbocycles. The molecule has 0 aromatic heterocycles. The van der Waals surface area contributed by atoms with Gasteiger partial charge in [-0.3, -0.25) is 0 Å². The fourth-order valence-electron chi connectivity index (χ4n) is 3.97. The second-order valence-corrected chi connectivity index (χ2v) is 12.1. The van der Waals surface area contributed by atoms with Gasteiger partial charge in [0.15, 0.2) is 9.84 Å². The summed E-state index contributed by atoms with van der Waals surface area (Å²) in [6, 6.07) is 0. The zero-order chi connectivity index (χ0) is 18.7. The molecule has 1 unspecified atom stereocenters. The highest BCUT2D eigenvalue weighted by molar-refractivity contribution is 7.92. The van der Waals surface area contributed by atoms with E-state index in [4.69, 9.17) is 0 Å². The fourth-order valence-corrected chi connectivity index (χ4v) is 7.05. The number of rotatable bonds is 7. The monoisotopic (exact) mass is 392 g/mol. The maximum absolute atomic E-state index is 12.9. The summed E-state index contributed by atoms with van der Waals surface area (Å²) in [5.41, 5.74) is 0.0870. The van der Waals surface area contributed by atoms with Gasteiger partial charge in [0.25, 0.3) is 0 Å². The van der Waals surface area contributed by atoms with Gasteiger partial charge in [-0.05, 0) is 56.5 Å². The first kappa shape index (κ1) is 20.9. The Morgan fingerprint density at radius 2 is 1.76 bits per heavy atom. The molecule has 0 amide bonds. The molecule has 0 bridgehead atoms. The van der Waals surface area contributed by atoms with Crippen LogP contribution < -0.4 is 5.32 Å². The first-order valence-corrected chi connectivity index (χ1v) is 12.6. The zero-order valence-corrected chi connectivity index (χ0v) is 17.0. The minimum atomic E-state index is -3.27. The van der Waals surface area contributed by atoms with E-state index >= 15 is 0 Å². The SMILES string of the molecule is C=CC(C1CCN(S(C)(=O)=O)CC1)S(=O)(=O)CCC1(C)CCNCC1. The van der Waals surface area contributed by atoms with Crippen molar-refractivity contribution < 1.29 is 16.8 Å². The van der Waals surface area contributed by atoms with Crippen LogP contribution in [0.25, 0.3) is 0 Å². The topological polar surface area (TPSA) is 83.6 Å². The Kier molecular flexibility index (Phi) is 6.73. The van der Waals surface area contributed by atoms with Crippen LogP contribution in [0, 0.1) is 11.3 Å². The average molecular weight is 393 g/mol. The molecular weight excluding hydrogens is 360 g/mol. The maximum Gasteiger partial charge on any atom is 0.211 e. The van der Waals surface area contributed by atoms with Gasteiger partial charge in [-0.25, -0.2) is 21.1 Å². The smallest absolute Gasteiger partial charge is 0.211 e. The minimum Gasteiger partial charge on any atom is -0.317 e. The molecule has 1 N–H and O–H groups in total. The van der Waals surface area contributed by atoms with Crippen molar-refractivity contribution in [3.05, 3.63) is 12.7 Å². The summed E-state index contributed by atoms with van der Waals surface area (Å²) in [5.74, 6) is 0.147. The van der Waals surface area contributed by atoms with E-state index in [1.165, 1.54) is 10.6 Å². The quantitative estimate of drug-likeness (QED) is 0.662. The first-order chi connectivity index (χ1) is 11.6. The van der Waals surface area contributed by atoms with Crippen LogP contribution in [-0.2, 0) is 19.9 Å². The van der Waals surface area contributed by atoms with Gasteiger partial charge in [0.1, 0.15) is 0 Å². The van der Waals surface area contributed by atoms with Crippen LogP contribution in [0.3, 0.4) is 0 Å². The minimum absolute atomic E-state index is 0.0404. The van der Waals surface area contributed by atoms with Crippen molar-refractivity contribution in [2.24, 2.45) is 11.3 Å². The molecule has 0 saturated carbocycles. The predicted octanol–water partition coefficient (Wildman–Crippen LogP) is 1.41. The number of piperidine rings is 2. The van der Waals surface area contributed by atoms with Crippen molar-refractivity contribution >= 4 is 19.9 Å². The highest BCUT2D eigenvalue weighted by Gasteiger charge is 2.36. The third-order valence-electron chi connectivity index (χ3n) is 5.88. The largest absolute Gasteiger partial charge is 0.317 e. The Hall–Kier alpha value is -0.440. The standard InChI is InChI=1S/C17H32N2O4S2/c1-4-16(15-5-12-19(13-6-15)24(3,20)21)25(22,23)14-9-17(2)7-10-18-11-8-17/h4,15-16,18H,1,5-14H2,2-3H3. The van der Waals surface area contributed by atoms with Gasteiger partial charge in [0.05, 0.1) is 17.3 Å². The van der Waals surface area contributed by atoms with Crippen LogP contribution in [0.5, 0.6) is 0 Å².